The molecular formula is C30H43GdN8O7+2. The van der Waals surface area contributed by atoms with Gasteiger partial charge in [-0.25, -0.2) is 0 Å². The summed E-state index contributed by atoms with van der Waals surface area (Å²) in [5, 5.41) is 33.1. The molecule has 251 valence electrons. The van der Waals surface area contributed by atoms with Gasteiger partial charge in [-0.15, -0.1) is 0 Å². The summed E-state index contributed by atoms with van der Waals surface area (Å²) >= 11 is 0. The molecule has 0 aromatic carbocycles. The largest absolute Gasteiger partial charge is 3.00 e. The Labute approximate surface area is 301 Å². The van der Waals surface area contributed by atoms with Crippen molar-refractivity contribution in [1.29, 1.82) is 0 Å². The van der Waals surface area contributed by atoms with Gasteiger partial charge >= 0.3 is 51.9 Å². The number of rotatable bonds is 15. The first-order valence-electron chi connectivity index (χ1n) is 15.0. The Bertz CT molecular complexity index is 1140. The molecule has 16 heteroatoms. The number of carbonyl (C=O) groups is 4. The Morgan fingerprint density at radius 2 is 1.11 bits per heavy atom. The zero-order chi connectivity index (χ0) is 32.4. The first kappa shape index (κ1) is 39.5. The van der Waals surface area contributed by atoms with E-state index in [9.17, 15) is 34.5 Å². The predicted octanol–water partition coefficient (Wildman–Crippen LogP) is -2.26. The van der Waals surface area contributed by atoms with Crippen molar-refractivity contribution in [2.45, 2.75) is 13.1 Å². The van der Waals surface area contributed by atoms with Gasteiger partial charge in [0.1, 0.15) is 0 Å². The summed E-state index contributed by atoms with van der Waals surface area (Å²) in [5.74, 6) is -3.48. The summed E-state index contributed by atoms with van der Waals surface area (Å²) in [6.45, 7) is 3.89. The molecule has 1 aliphatic heterocycles. The van der Waals surface area contributed by atoms with E-state index in [1.54, 1.807) is 27.1 Å². The van der Waals surface area contributed by atoms with Gasteiger partial charge in [-0.1, -0.05) is 12.1 Å². The molecule has 0 atom stereocenters. The normalized spacial score (nSPS) is 16.1. The van der Waals surface area contributed by atoms with Gasteiger partial charge in [0.25, 0.3) is 0 Å². The van der Waals surface area contributed by atoms with Crippen LogP contribution in [0.15, 0.2) is 48.8 Å². The van der Waals surface area contributed by atoms with E-state index in [1.165, 1.54) is 0 Å². The van der Waals surface area contributed by atoms with Gasteiger partial charge in [0.15, 0.2) is 0 Å². The average Bonchev–Trinajstić information content (AvgIpc) is 2.98. The van der Waals surface area contributed by atoms with Crippen molar-refractivity contribution in [3.8, 4) is 0 Å². The summed E-state index contributed by atoms with van der Waals surface area (Å²) < 4.78 is 0. The molecule has 3 rings (SSSR count). The van der Waals surface area contributed by atoms with E-state index in [0.29, 0.717) is 65.4 Å². The molecule has 1 radical (unpaired) electrons. The van der Waals surface area contributed by atoms with Crippen LogP contribution in [0.25, 0.3) is 0 Å². The summed E-state index contributed by atoms with van der Waals surface area (Å²) in [7, 11) is 0. The molecule has 2 aromatic rings. The van der Waals surface area contributed by atoms with Crippen LogP contribution >= 0.6 is 0 Å². The number of amides is 1. The molecule has 2 aromatic heterocycles. The third-order valence-electron chi connectivity index (χ3n) is 7.34. The SMILES string of the molecule is O=C([O-])CN1CCN(CC(=O)O)CCN(CC(=O)O)CCN(CC(=O)NCCN(Cc2ccccn2)Cc2ccccn2)CC1.[Gd+3]. The van der Waals surface area contributed by atoms with E-state index in [1.807, 2.05) is 41.3 Å². The molecule has 1 aliphatic rings. The zero-order valence-corrected chi connectivity index (χ0v) is 28.1. The minimum Gasteiger partial charge on any atom is -0.549 e. The molecule has 1 saturated heterocycles. The summed E-state index contributed by atoms with van der Waals surface area (Å²) in [6.07, 6.45) is 3.48. The van der Waals surface area contributed by atoms with Crippen molar-refractivity contribution < 1.29 is 74.4 Å². The van der Waals surface area contributed by atoms with Crippen LogP contribution in [-0.4, -0.2) is 160 Å². The second-order valence-corrected chi connectivity index (χ2v) is 11.0. The maximum absolute atomic E-state index is 13.1. The van der Waals surface area contributed by atoms with Crippen LogP contribution < -0.4 is 10.4 Å². The van der Waals surface area contributed by atoms with E-state index in [0.717, 1.165) is 11.4 Å². The minimum absolute atomic E-state index is 0. The molecule has 15 nitrogen and oxygen atoms in total. The van der Waals surface area contributed by atoms with Gasteiger partial charge in [-0.2, -0.15) is 0 Å². The number of hydrogen-bond donors (Lipinski definition) is 3. The van der Waals surface area contributed by atoms with E-state index in [4.69, 9.17) is 0 Å². The Hall–Kier alpha value is -2.70. The number of aromatic nitrogens is 2. The van der Waals surface area contributed by atoms with E-state index < -0.39 is 17.9 Å². The third kappa shape index (κ3) is 16.7. The van der Waals surface area contributed by atoms with Crippen molar-refractivity contribution in [3.63, 3.8) is 0 Å². The van der Waals surface area contributed by atoms with Crippen molar-refractivity contribution >= 4 is 23.8 Å². The molecule has 3 heterocycles. The van der Waals surface area contributed by atoms with Gasteiger partial charge in [-0.05, 0) is 24.3 Å². The fraction of sp³-hybridized carbons (Fsp3) is 0.533. The second kappa shape index (κ2) is 22.0. The molecule has 0 unspecified atom stereocenters. The molecule has 1 amide bonds. The Kier molecular flexibility index (Phi) is 18.9. The number of carboxylic acids is 3. The molecule has 0 bridgehead atoms. The number of carboxylic acid groups (broad SMARTS) is 3. The second-order valence-electron chi connectivity index (χ2n) is 11.0. The van der Waals surface area contributed by atoms with Gasteiger partial charge in [0, 0.05) is 97.5 Å². The smallest absolute Gasteiger partial charge is 0.549 e. The van der Waals surface area contributed by atoms with Crippen molar-refractivity contribution in [2.24, 2.45) is 0 Å². The number of hydrogen-bond acceptors (Lipinski definition) is 12. The number of pyridine rings is 2. The maximum Gasteiger partial charge on any atom is 3.00 e. The Morgan fingerprint density at radius 1 is 0.696 bits per heavy atom. The number of carbonyl (C=O) groups excluding carboxylic acids is 2. The Morgan fingerprint density at radius 3 is 1.48 bits per heavy atom. The van der Waals surface area contributed by atoms with Crippen LogP contribution in [0.4, 0.5) is 0 Å². The Balaban J connectivity index is 0.00000736. The van der Waals surface area contributed by atoms with Gasteiger partial charge in [0.2, 0.25) is 5.91 Å². The first-order valence-corrected chi connectivity index (χ1v) is 15.0. The topological polar surface area (TPSA) is 186 Å². The van der Waals surface area contributed by atoms with Gasteiger partial charge in [0.05, 0.1) is 37.0 Å². The number of aliphatic carboxylic acids is 3. The van der Waals surface area contributed by atoms with Gasteiger partial charge in [-0.3, -0.25) is 48.9 Å². The third-order valence-corrected chi connectivity index (χ3v) is 7.34. The zero-order valence-electron chi connectivity index (χ0n) is 25.9. The van der Waals surface area contributed by atoms with Crippen LogP contribution in [0.2, 0.25) is 0 Å². The first-order chi connectivity index (χ1) is 21.7. The van der Waals surface area contributed by atoms with Crippen LogP contribution in [0, 0.1) is 39.9 Å². The number of nitrogens with one attached hydrogen (secondary N) is 1. The molecule has 1 fully saturated rings. The quantitative estimate of drug-likeness (QED) is 0.176. The molecule has 3 N–H and O–H groups in total. The van der Waals surface area contributed by atoms with Gasteiger partial charge < -0.3 is 25.4 Å². The van der Waals surface area contributed by atoms with Crippen molar-refractivity contribution in [3.05, 3.63) is 60.2 Å². The monoisotopic (exact) mass is 785 g/mol. The summed E-state index contributed by atoms with van der Waals surface area (Å²) in [5.41, 5.74) is 1.80. The maximum atomic E-state index is 13.1. The standard InChI is InChI=1S/C30H44N8O7.Gd/c39-27(33-9-10-38(19-25-5-1-3-7-31-25)20-26-6-2-4-8-32-26)21-34-11-13-35(22-28(40)41)15-17-37(24-30(44)45)18-16-36(14-12-34)23-29(42)43;/h1-8H,9-24H2,(H,33,39)(H,40,41)(H,42,43)(H,44,45);/q;+3/p-1. The predicted molar refractivity (Wildman–Crippen MR) is 162 cm³/mol. The minimum atomic E-state index is -1.25. The van der Waals surface area contributed by atoms with Crippen molar-refractivity contribution in [1.82, 2.24) is 39.8 Å². The fourth-order valence-electron chi connectivity index (χ4n) is 5.04. The molecule has 0 aliphatic carbocycles. The fourth-order valence-corrected chi connectivity index (χ4v) is 5.04. The van der Waals surface area contributed by atoms with Crippen LogP contribution in [0.1, 0.15) is 11.4 Å². The molecule has 46 heavy (non-hydrogen) atoms. The average molecular weight is 785 g/mol. The molecule has 0 saturated carbocycles. The summed E-state index contributed by atoms with van der Waals surface area (Å²) in [4.78, 5) is 65.2. The van der Waals surface area contributed by atoms with Crippen LogP contribution in [0.5, 0.6) is 0 Å². The number of nitrogens with zero attached hydrogens (tertiary/aromatic N) is 7. The van der Waals surface area contributed by atoms with Crippen LogP contribution in [0.3, 0.4) is 0 Å². The molecule has 0 spiro atoms. The molecular weight excluding hydrogens is 742 g/mol. The van der Waals surface area contributed by atoms with E-state index in [2.05, 4.69) is 20.2 Å². The summed E-state index contributed by atoms with van der Waals surface area (Å²) in [6, 6.07) is 11.5. The van der Waals surface area contributed by atoms with E-state index in [-0.39, 0.29) is 85.1 Å². The van der Waals surface area contributed by atoms with E-state index >= 15 is 0 Å². The van der Waals surface area contributed by atoms with Crippen LogP contribution in [-0.2, 0) is 32.3 Å². The van der Waals surface area contributed by atoms with Crippen molar-refractivity contribution in [2.75, 3.05) is 91.6 Å².